The van der Waals surface area contributed by atoms with Crippen molar-refractivity contribution in [3.63, 3.8) is 0 Å². The highest BCUT2D eigenvalue weighted by Crippen LogP contribution is 2.39. The zero-order chi connectivity index (χ0) is 33.5. The van der Waals surface area contributed by atoms with Gasteiger partial charge in [-0.15, -0.1) is 0 Å². The van der Waals surface area contributed by atoms with E-state index in [1.165, 1.54) is 38.1 Å². The van der Waals surface area contributed by atoms with Crippen LogP contribution in [0.4, 0.5) is 0 Å². The third-order valence-electron chi connectivity index (χ3n) is 10.2. The Kier molecular flexibility index (Phi) is 5.89. The van der Waals surface area contributed by atoms with Gasteiger partial charge in [0.1, 0.15) is 23.1 Å². The normalized spacial score (nSPS) is 11.9. The summed E-state index contributed by atoms with van der Waals surface area (Å²) >= 11 is 0. The number of hydrogen-bond donors (Lipinski definition) is 0. The summed E-state index contributed by atoms with van der Waals surface area (Å²) in [5.41, 5.74) is 13.3. The third-order valence-corrected chi connectivity index (χ3v) is 10.2. The molecule has 0 N–H and O–H groups in total. The van der Waals surface area contributed by atoms with Crippen molar-refractivity contribution in [2.24, 2.45) is 0 Å². The van der Waals surface area contributed by atoms with Crippen molar-refractivity contribution in [1.29, 1.82) is 0 Å². The van der Waals surface area contributed by atoms with Gasteiger partial charge in [-0.3, -0.25) is 0 Å². The Balaban J connectivity index is 1.11. The lowest BCUT2D eigenvalue weighted by Gasteiger charge is -2.11. The van der Waals surface area contributed by atoms with E-state index in [-0.39, 0.29) is 0 Å². The summed E-state index contributed by atoms with van der Waals surface area (Å²) in [6.07, 6.45) is 1.63. The van der Waals surface area contributed by atoms with Crippen molar-refractivity contribution >= 4 is 65.7 Å². The maximum absolute atomic E-state index is 6.33. The highest BCUT2D eigenvalue weighted by Gasteiger charge is 2.18. The predicted molar refractivity (Wildman–Crippen MR) is 209 cm³/mol. The summed E-state index contributed by atoms with van der Waals surface area (Å²) in [7, 11) is 0. The van der Waals surface area contributed by atoms with Crippen LogP contribution in [0.15, 0.2) is 175 Å². The van der Waals surface area contributed by atoms with E-state index in [9.17, 15) is 0 Å². The summed E-state index contributed by atoms with van der Waals surface area (Å²) < 4.78 is 11.1. The van der Waals surface area contributed by atoms with Crippen LogP contribution in [0.3, 0.4) is 0 Å². The Hall–Kier alpha value is -6.98. The van der Waals surface area contributed by atoms with Gasteiger partial charge in [0.15, 0.2) is 5.58 Å². The first-order valence-corrected chi connectivity index (χ1v) is 17.2. The van der Waals surface area contributed by atoms with E-state index in [0.29, 0.717) is 5.58 Å². The van der Waals surface area contributed by atoms with Gasteiger partial charge in [0.2, 0.25) is 0 Å². The first-order valence-electron chi connectivity index (χ1n) is 17.2. The molecule has 0 aliphatic carbocycles. The molecule has 11 rings (SSSR count). The number of benzene rings is 7. The zero-order valence-electron chi connectivity index (χ0n) is 27.4. The van der Waals surface area contributed by atoms with Crippen LogP contribution in [0.2, 0.25) is 0 Å². The van der Waals surface area contributed by atoms with E-state index in [4.69, 9.17) is 9.40 Å². The van der Waals surface area contributed by atoms with Crippen molar-refractivity contribution < 1.29 is 4.42 Å². The third kappa shape index (κ3) is 4.15. The van der Waals surface area contributed by atoms with Gasteiger partial charge in [0.25, 0.3) is 0 Å². The van der Waals surface area contributed by atoms with Gasteiger partial charge in [-0.05, 0) is 71.8 Å². The molecule has 0 radical (unpaired) electrons. The summed E-state index contributed by atoms with van der Waals surface area (Å²) in [6.45, 7) is 0. The van der Waals surface area contributed by atoms with Gasteiger partial charge < -0.3 is 13.6 Å². The standard InChI is InChI=1S/C46H28N4O/c1-2-12-32(13-3-1)49-39-18-7-4-15-34(39)36-23-21-29(26-41(36)49)30-22-24-37-35-16-5-8-19-40(35)50(42(37)27-30)33-14-10-11-31(25-33)44-46-45(48-28-47-44)38-17-6-9-20-43(38)51-46/h1-28H. The molecule has 0 unspecified atom stereocenters. The maximum Gasteiger partial charge on any atom is 0.180 e. The van der Waals surface area contributed by atoms with Gasteiger partial charge in [-0.25, -0.2) is 9.97 Å². The molecule has 0 aliphatic rings. The van der Waals surface area contributed by atoms with E-state index in [1.54, 1.807) is 6.33 Å². The number of rotatable bonds is 4. The first kappa shape index (κ1) is 27.9. The second-order valence-corrected chi connectivity index (χ2v) is 13.1. The smallest absolute Gasteiger partial charge is 0.180 e. The molecular weight excluding hydrogens is 625 g/mol. The summed E-state index contributed by atoms with van der Waals surface area (Å²) in [6, 6.07) is 58.3. The van der Waals surface area contributed by atoms with E-state index in [0.717, 1.165) is 55.7 Å². The highest BCUT2D eigenvalue weighted by atomic mass is 16.3. The monoisotopic (exact) mass is 652 g/mol. The van der Waals surface area contributed by atoms with Crippen LogP contribution in [0.1, 0.15) is 0 Å². The van der Waals surface area contributed by atoms with Crippen molar-refractivity contribution in [2.75, 3.05) is 0 Å². The molecule has 5 heteroatoms. The minimum Gasteiger partial charge on any atom is -0.452 e. The molecule has 5 nitrogen and oxygen atoms in total. The quantitative estimate of drug-likeness (QED) is 0.190. The van der Waals surface area contributed by atoms with E-state index >= 15 is 0 Å². The minimum absolute atomic E-state index is 0.698. The number of aromatic nitrogens is 4. The van der Waals surface area contributed by atoms with Crippen molar-refractivity contribution in [3.05, 3.63) is 170 Å². The molecule has 7 aromatic carbocycles. The van der Waals surface area contributed by atoms with Crippen LogP contribution in [0, 0.1) is 0 Å². The lowest BCUT2D eigenvalue weighted by Crippen LogP contribution is -1.95. The Morgan fingerprint density at radius 1 is 0.392 bits per heavy atom. The molecule has 0 fully saturated rings. The number of nitrogens with zero attached hydrogens (tertiary/aromatic N) is 4. The lowest BCUT2D eigenvalue weighted by atomic mass is 10.0. The predicted octanol–water partition coefficient (Wildman–Crippen LogP) is 11.9. The molecule has 0 atom stereocenters. The number of furan rings is 1. The van der Waals surface area contributed by atoms with Crippen LogP contribution < -0.4 is 0 Å². The molecule has 11 aromatic rings. The van der Waals surface area contributed by atoms with E-state index in [2.05, 4.69) is 154 Å². The van der Waals surface area contributed by atoms with Crippen molar-refractivity contribution in [2.45, 2.75) is 0 Å². The molecule has 0 amide bonds. The molecule has 4 heterocycles. The number of fused-ring (bicyclic) bond motifs is 9. The van der Waals surface area contributed by atoms with Gasteiger partial charge in [0, 0.05) is 43.9 Å². The molecule has 51 heavy (non-hydrogen) atoms. The molecule has 0 aliphatic heterocycles. The Morgan fingerprint density at radius 2 is 0.961 bits per heavy atom. The fraction of sp³-hybridized carbons (Fsp3) is 0. The van der Waals surface area contributed by atoms with Gasteiger partial charge in [-0.1, -0.05) is 103 Å². The average Bonchev–Trinajstić information content (AvgIpc) is 3.85. The Bertz CT molecular complexity index is 3150. The van der Waals surface area contributed by atoms with Crippen LogP contribution in [-0.2, 0) is 0 Å². The fourth-order valence-electron chi connectivity index (χ4n) is 7.96. The Morgan fingerprint density at radius 3 is 1.67 bits per heavy atom. The first-order chi connectivity index (χ1) is 25.3. The summed E-state index contributed by atoms with van der Waals surface area (Å²) in [5.74, 6) is 0. The van der Waals surface area contributed by atoms with Gasteiger partial charge >= 0.3 is 0 Å². The number of para-hydroxylation sites is 4. The minimum atomic E-state index is 0.698. The van der Waals surface area contributed by atoms with Crippen LogP contribution in [0.25, 0.3) is 99.4 Å². The molecule has 0 saturated carbocycles. The van der Waals surface area contributed by atoms with Crippen LogP contribution in [-0.4, -0.2) is 19.1 Å². The highest BCUT2D eigenvalue weighted by molar-refractivity contribution is 6.12. The second-order valence-electron chi connectivity index (χ2n) is 13.1. The average molecular weight is 653 g/mol. The molecular formula is C46H28N4O. The molecule has 4 aromatic heterocycles. The largest absolute Gasteiger partial charge is 0.452 e. The zero-order valence-corrected chi connectivity index (χ0v) is 27.4. The molecule has 238 valence electrons. The maximum atomic E-state index is 6.33. The number of hydrogen-bond acceptors (Lipinski definition) is 3. The van der Waals surface area contributed by atoms with E-state index in [1.807, 2.05) is 24.3 Å². The molecule has 0 spiro atoms. The second kappa shape index (κ2) is 10.8. The summed E-state index contributed by atoms with van der Waals surface area (Å²) in [5, 5.41) is 5.91. The van der Waals surface area contributed by atoms with Crippen LogP contribution >= 0.6 is 0 Å². The lowest BCUT2D eigenvalue weighted by molar-refractivity contribution is 0.667. The van der Waals surface area contributed by atoms with Crippen molar-refractivity contribution in [1.82, 2.24) is 19.1 Å². The van der Waals surface area contributed by atoms with Crippen molar-refractivity contribution in [3.8, 4) is 33.8 Å². The SMILES string of the molecule is c1ccc(-n2c3ccccc3c3ccc(-c4ccc5c6ccccc6n(-c6cccc(-c7ncnc8c7oc7ccccc78)c6)c5c4)cc32)cc1. The van der Waals surface area contributed by atoms with Gasteiger partial charge in [0.05, 0.1) is 22.1 Å². The topological polar surface area (TPSA) is 48.8 Å². The Labute approximate surface area is 292 Å². The van der Waals surface area contributed by atoms with E-state index < -0.39 is 0 Å². The summed E-state index contributed by atoms with van der Waals surface area (Å²) in [4.78, 5) is 9.32. The fourth-order valence-corrected chi connectivity index (χ4v) is 7.96. The van der Waals surface area contributed by atoms with Crippen LogP contribution in [0.5, 0.6) is 0 Å². The molecule has 0 bridgehead atoms. The molecule has 0 saturated heterocycles. The van der Waals surface area contributed by atoms with Gasteiger partial charge in [-0.2, -0.15) is 0 Å².